The number of nitrogens with one attached hydrogen (secondary N) is 1. The van der Waals surface area contributed by atoms with Gasteiger partial charge in [-0.3, -0.25) is 9.59 Å². The lowest BCUT2D eigenvalue weighted by molar-refractivity contribution is -0.131. The van der Waals surface area contributed by atoms with Crippen LogP contribution in [0.1, 0.15) is 17.3 Å². The number of ether oxygens (including phenoxy) is 1. The van der Waals surface area contributed by atoms with Crippen molar-refractivity contribution in [1.29, 1.82) is 0 Å². The van der Waals surface area contributed by atoms with Crippen LogP contribution in [-0.2, 0) is 4.79 Å². The lowest BCUT2D eigenvalue weighted by atomic mass is 10.2. The predicted molar refractivity (Wildman–Crippen MR) is 83.5 cm³/mol. The molecule has 0 fully saturated rings. The Bertz CT molecular complexity index is 658. The molecule has 0 radical (unpaired) electrons. The van der Waals surface area contributed by atoms with Crippen LogP contribution in [0.3, 0.4) is 0 Å². The molecule has 3 N–H and O–H groups in total. The molecule has 6 heteroatoms. The van der Waals surface area contributed by atoms with E-state index in [0.29, 0.717) is 11.3 Å². The SMILES string of the molecule is CC(=O)Oc1ccccc1C(=O)Nc1cccc(Br)c1.O. The van der Waals surface area contributed by atoms with E-state index >= 15 is 0 Å². The Morgan fingerprint density at radius 2 is 1.81 bits per heavy atom. The van der Waals surface area contributed by atoms with Crippen LogP contribution in [0.25, 0.3) is 0 Å². The van der Waals surface area contributed by atoms with Gasteiger partial charge in [0.1, 0.15) is 5.75 Å². The number of carbonyl (C=O) groups is 2. The quantitative estimate of drug-likeness (QED) is 0.681. The van der Waals surface area contributed by atoms with Crippen LogP contribution < -0.4 is 10.1 Å². The number of para-hydroxylation sites is 1. The third-order valence-electron chi connectivity index (χ3n) is 2.47. The molecule has 0 aliphatic rings. The van der Waals surface area contributed by atoms with Gasteiger partial charge in [-0.25, -0.2) is 0 Å². The first-order valence-electron chi connectivity index (χ1n) is 5.90. The van der Waals surface area contributed by atoms with Gasteiger partial charge >= 0.3 is 5.97 Å². The van der Waals surface area contributed by atoms with Gasteiger partial charge in [0.15, 0.2) is 0 Å². The van der Waals surface area contributed by atoms with Gasteiger partial charge in [-0.05, 0) is 30.3 Å². The van der Waals surface area contributed by atoms with Gasteiger partial charge in [0, 0.05) is 17.1 Å². The fourth-order valence-corrected chi connectivity index (χ4v) is 2.06. The van der Waals surface area contributed by atoms with Crippen LogP contribution >= 0.6 is 15.9 Å². The summed E-state index contributed by atoms with van der Waals surface area (Å²) in [4.78, 5) is 23.2. The largest absolute Gasteiger partial charge is 0.426 e. The summed E-state index contributed by atoms with van der Waals surface area (Å²) in [6.07, 6.45) is 0. The molecule has 0 heterocycles. The van der Waals surface area contributed by atoms with Crippen molar-refractivity contribution in [2.45, 2.75) is 6.92 Å². The van der Waals surface area contributed by atoms with Crippen molar-refractivity contribution >= 4 is 33.5 Å². The van der Waals surface area contributed by atoms with Crippen molar-refractivity contribution < 1.29 is 19.8 Å². The monoisotopic (exact) mass is 351 g/mol. The van der Waals surface area contributed by atoms with E-state index in [4.69, 9.17) is 4.74 Å². The van der Waals surface area contributed by atoms with Gasteiger partial charge < -0.3 is 15.5 Å². The highest BCUT2D eigenvalue weighted by Crippen LogP contribution is 2.21. The average molecular weight is 352 g/mol. The van der Waals surface area contributed by atoms with Gasteiger partial charge in [-0.1, -0.05) is 34.1 Å². The summed E-state index contributed by atoms with van der Waals surface area (Å²) >= 11 is 3.33. The topological polar surface area (TPSA) is 86.9 Å². The van der Waals surface area contributed by atoms with Crippen LogP contribution in [0.4, 0.5) is 5.69 Å². The number of hydrogen-bond donors (Lipinski definition) is 1. The van der Waals surface area contributed by atoms with Gasteiger partial charge in [0.05, 0.1) is 5.56 Å². The smallest absolute Gasteiger partial charge is 0.308 e. The molecule has 0 atom stereocenters. The minimum Gasteiger partial charge on any atom is -0.426 e. The second kappa shape index (κ2) is 7.56. The predicted octanol–water partition coefficient (Wildman–Crippen LogP) is 2.80. The molecular formula is C15H14BrNO4. The van der Waals surface area contributed by atoms with E-state index in [1.807, 2.05) is 12.1 Å². The van der Waals surface area contributed by atoms with Crippen molar-refractivity contribution in [3.05, 3.63) is 58.6 Å². The highest BCUT2D eigenvalue weighted by Gasteiger charge is 2.13. The third-order valence-corrected chi connectivity index (χ3v) is 2.96. The summed E-state index contributed by atoms with van der Waals surface area (Å²) in [6, 6.07) is 13.8. The zero-order valence-electron chi connectivity index (χ0n) is 11.2. The lowest BCUT2D eigenvalue weighted by Crippen LogP contribution is -2.14. The Morgan fingerprint density at radius 3 is 2.48 bits per heavy atom. The summed E-state index contributed by atoms with van der Waals surface area (Å²) < 4.78 is 5.88. The standard InChI is InChI=1S/C15H12BrNO3.H2O/c1-10(18)20-14-8-3-2-7-13(14)15(19)17-12-6-4-5-11(16)9-12;/h2-9H,1H3,(H,17,19);1H2. The molecule has 0 aromatic heterocycles. The van der Waals surface area contributed by atoms with E-state index in [2.05, 4.69) is 21.2 Å². The second-order valence-corrected chi connectivity index (χ2v) is 4.97. The molecule has 0 spiro atoms. The molecule has 2 rings (SSSR count). The molecule has 0 aliphatic heterocycles. The molecule has 0 saturated carbocycles. The maximum Gasteiger partial charge on any atom is 0.308 e. The number of rotatable bonds is 3. The summed E-state index contributed by atoms with van der Waals surface area (Å²) in [5.74, 6) is -0.555. The van der Waals surface area contributed by atoms with E-state index in [1.165, 1.54) is 6.92 Å². The molecule has 2 aromatic rings. The number of carbonyl (C=O) groups excluding carboxylic acids is 2. The zero-order chi connectivity index (χ0) is 14.5. The Balaban J connectivity index is 0.00000220. The highest BCUT2D eigenvalue weighted by molar-refractivity contribution is 9.10. The highest BCUT2D eigenvalue weighted by atomic mass is 79.9. The van der Waals surface area contributed by atoms with E-state index < -0.39 is 5.97 Å². The lowest BCUT2D eigenvalue weighted by Gasteiger charge is -2.09. The average Bonchev–Trinajstić information content (AvgIpc) is 2.38. The summed E-state index contributed by atoms with van der Waals surface area (Å²) in [6.45, 7) is 1.29. The van der Waals surface area contributed by atoms with Crippen molar-refractivity contribution in [2.75, 3.05) is 5.32 Å². The van der Waals surface area contributed by atoms with Crippen LogP contribution in [-0.4, -0.2) is 17.4 Å². The normalized spacial score (nSPS) is 9.43. The van der Waals surface area contributed by atoms with Crippen molar-refractivity contribution in [3.8, 4) is 5.75 Å². The van der Waals surface area contributed by atoms with E-state index in [9.17, 15) is 9.59 Å². The molecule has 0 saturated heterocycles. The Kier molecular flexibility index (Phi) is 6.08. The molecule has 0 aliphatic carbocycles. The van der Waals surface area contributed by atoms with Crippen LogP contribution in [0.15, 0.2) is 53.0 Å². The minimum atomic E-state index is -0.465. The van der Waals surface area contributed by atoms with Crippen molar-refractivity contribution in [2.24, 2.45) is 0 Å². The van der Waals surface area contributed by atoms with Crippen LogP contribution in [0.2, 0.25) is 0 Å². The fraction of sp³-hybridized carbons (Fsp3) is 0.0667. The zero-order valence-corrected chi connectivity index (χ0v) is 12.8. The summed E-state index contributed by atoms with van der Waals surface area (Å²) in [7, 11) is 0. The van der Waals surface area contributed by atoms with E-state index in [1.54, 1.807) is 36.4 Å². The van der Waals surface area contributed by atoms with E-state index in [0.717, 1.165) is 4.47 Å². The number of anilines is 1. The Hall–Kier alpha value is -2.18. The molecule has 110 valence electrons. The maximum atomic E-state index is 12.2. The molecule has 1 amide bonds. The van der Waals surface area contributed by atoms with Gasteiger partial charge in [-0.2, -0.15) is 0 Å². The van der Waals surface area contributed by atoms with Gasteiger partial charge in [-0.15, -0.1) is 0 Å². The Morgan fingerprint density at radius 1 is 1.10 bits per heavy atom. The fourth-order valence-electron chi connectivity index (χ4n) is 1.66. The molecule has 21 heavy (non-hydrogen) atoms. The number of amides is 1. The first-order chi connectivity index (χ1) is 9.56. The second-order valence-electron chi connectivity index (χ2n) is 4.05. The van der Waals surface area contributed by atoms with Gasteiger partial charge in [0.25, 0.3) is 5.91 Å². The number of benzene rings is 2. The number of esters is 1. The van der Waals surface area contributed by atoms with E-state index in [-0.39, 0.29) is 17.1 Å². The molecule has 5 nitrogen and oxygen atoms in total. The summed E-state index contributed by atoms with van der Waals surface area (Å²) in [5, 5.41) is 2.75. The minimum absolute atomic E-state index is 0. The molecule has 0 bridgehead atoms. The van der Waals surface area contributed by atoms with Crippen molar-refractivity contribution in [1.82, 2.24) is 0 Å². The Labute approximate surface area is 130 Å². The summed E-state index contributed by atoms with van der Waals surface area (Å²) in [5.41, 5.74) is 0.963. The van der Waals surface area contributed by atoms with Crippen molar-refractivity contribution in [3.63, 3.8) is 0 Å². The third kappa shape index (κ3) is 4.70. The first-order valence-corrected chi connectivity index (χ1v) is 6.70. The van der Waals surface area contributed by atoms with Gasteiger partial charge in [0.2, 0.25) is 0 Å². The maximum absolute atomic E-state index is 12.2. The van der Waals surface area contributed by atoms with Crippen LogP contribution in [0, 0.1) is 0 Å². The molecular weight excluding hydrogens is 338 g/mol. The molecule has 2 aromatic carbocycles. The number of hydrogen-bond acceptors (Lipinski definition) is 3. The first kappa shape index (κ1) is 16.9. The van der Waals surface area contributed by atoms with Crippen LogP contribution in [0.5, 0.6) is 5.75 Å². The molecule has 0 unspecified atom stereocenters. The number of halogens is 1.